The Morgan fingerprint density at radius 1 is 0.972 bits per heavy atom. The van der Waals surface area contributed by atoms with Crippen molar-refractivity contribution in [2.24, 2.45) is 5.10 Å². The molecular weight excluding hydrogens is 456 g/mol. The van der Waals surface area contributed by atoms with E-state index in [1.54, 1.807) is 43.5 Å². The Morgan fingerprint density at radius 3 is 2.50 bits per heavy atom. The molecule has 3 aromatic carbocycles. The van der Waals surface area contributed by atoms with Crippen LogP contribution in [0, 0.1) is 6.92 Å². The van der Waals surface area contributed by atoms with Crippen LogP contribution in [0.3, 0.4) is 0 Å². The number of aryl methyl sites for hydroxylation is 1. The van der Waals surface area contributed by atoms with Gasteiger partial charge in [0.2, 0.25) is 6.23 Å². The van der Waals surface area contributed by atoms with Crippen LogP contribution in [0.2, 0.25) is 0 Å². The van der Waals surface area contributed by atoms with Gasteiger partial charge in [0.1, 0.15) is 23.0 Å². The van der Waals surface area contributed by atoms with Crippen molar-refractivity contribution in [3.63, 3.8) is 0 Å². The lowest BCUT2D eigenvalue weighted by molar-refractivity contribution is -0.0209. The first-order valence-electron chi connectivity index (χ1n) is 11.7. The summed E-state index contributed by atoms with van der Waals surface area (Å²) in [5.41, 5.74) is 3.25. The van der Waals surface area contributed by atoms with E-state index >= 15 is 0 Å². The van der Waals surface area contributed by atoms with Gasteiger partial charge >= 0.3 is 5.97 Å². The number of fused-ring (bicyclic) bond motifs is 3. The highest BCUT2D eigenvalue weighted by Gasteiger charge is 2.42. The fourth-order valence-electron chi connectivity index (χ4n) is 4.64. The SMILES string of the molecule is COc1cccc2c1O[C@@H](c1ccc(OC(=O)c3ccccc3)cc1)N1N=C(c3ccc(C)o3)C[C@@H]21. The molecule has 0 unspecified atom stereocenters. The Kier molecular flexibility index (Phi) is 5.45. The van der Waals surface area contributed by atoms with Crippen molar-refractivity contribution in [2.75, 3.05) is 7.11 Å². The molecule has 0 radical (unpaired) electrons. The fraction of sp³-hybridized carbons (Fsp3) is 0.172. The zero-order chi connectivity index (χ0) is 24.6. The molecule has 6 rings (SSSR count). The Bertz CT molecular complexity index is 1440. The summed E-state index contributed by atoms with van der Waals surface area (Å²) >= 11 is 0. The van der Waals surface area contributed by atoms with E-state index in [0.29, 0.717) is 29.2 Å². The number of benzene rings is 3. The lowest BCUT2D eigenvalue weighted by atomic mass is 9.97. The molecule has 3 heterocycles. The number of para-hydroxylation sites is 1. The first kappa shape index (κ1) is 22.0. The molecule has 0 saturated carbocycles. The largest absolute Gasteiger partial charge is 0.493 e. The summed E-state index contributed by atoms with van der Waals surface area (Å²) in [6.07, 6.45) is 0.186. The number of hydrogen-bond donors (Lipinski definition) is 0. The average molecular weight is 481 g/mol. The number of esters is 1. The summed E-state index contributed by atoms with van der Waals surface area (Å²) in [5.74, 6) is 3.03. The smallest absolute Gasteiger partial charge is 0.343 e. The molecule has 0 aliphatic carbocycles. The predicted octanol–water partition coefficient (Wildman–Crippen LogP) is 6.06. The van der Waals surface area contributed by atoms with E-state index in [4.69, 9.17) is 23.7 Å². The molecule has 180 valence electrons. The van der Waals surface area contributed by atoms with Crippen LogP contribution in [0.25, 0.3) is 0 Å². The van der Waals surface area contributed by atoms with Crippen LogP contribution < -0.4 is 14.2 Å². The van der Waals surface area contributed by atoms with Crippen LogP contribution >= 0.6 is 0 Å². The third-order valence-electron chi connectivity index (χ3n) is 6.41. The van der Waals surface area contributed by atoms with Crippen LogP contribution in [0.1, 0.15) is 51.7 Å². The Balaban J connectivity index is 1.32. The van der Waals surface area contributed by atoms with Crippen molar-refractivity contribution in [1.29, 1.82) is 0 Å². The van der Waals surface area contributed by atoms with E-state index in [0.717, 1.165) is 28.4 Å². The topological polar surface area (TPSA) is 73.5 Å². The maximum absolute atomic E-state index is 12.4. The monoisotopic (exact) mass is 480 g/mol. The quantitative estimate of drug-likeness (QED) is 0.255. The predicted molar refractivity (Wildman–Crippen MR) is 133 cm³/mol. The number of rotatable bonds is 5. The molecule has 36 heavy (non-hydrogen) atoms. The van der Waals surface area contributed by atoms with Gasteiger partial charge in [0.05, 0.1) is 18.7 Å². The fourth-order valence-corrected chi connectivity index (χ4v) is 4.64. The molecule has 0 N–H and O–H groups in total. The van der Waals surface area contributed by atoms with Gasteiger partial charge in [0.15, 0.2) is 11.5 Å². The van der Waals surface area contributed by atoms with Gasteiger partial charge in [-0.3, -0.25) is 0 Å². The van der Waals surface area contributed by atoms with Gasteiger partial charge in [0, 0.05) is 17.5 Å². The van der Waals surface area contributed by atoms with Crippen LogP contribution in [-0.2, 0) is 0 Å². The molecule has 4 aromatic rings. The van der Waals surface area contributed by atoms with Gasteiger partial charge in [-0.15, -0.1) is 0 Å². The third-order valence-corrected chi connectivity index (χ3v) is 6.41. The third kappa shape index (κ3) is 3.88. The highest BCUT2D eigenvalue weighted by atomic mass is 16.5. The van der Waals surface area contributed by atoms with Gasteiger partial charge < -0.3 is 18.6 Å². The molecule has 7 heteroatoms. The number of furan rings is 1. The van der Waals surface area contributed by atoms with Crippen molar-refractivity contribution in [3.8, 4) is 17.2 Å². The Hall–Kier alpha value is -4.52. The van der Waals surface area contributed by atoms with Crippen LogP contribution in [0.15, 0.2) is 94.4 Å². The zero-order valence-corrected chi connectivity index (χ0v) is 19.9. The summed E-state index contributed by atoms with van der Waals surface area (Å²) in [7, 11) is 1.64. The summed E-state index contributed by atoms with van der Waals surface area (Å²) in [6, 6.07) is 26.0. The highest BCUT2D eigenvalue weighted by Crippen LogP contribution is 2.50. The number of nitrogens with zero attached hydrogens (tertiary/aromatic N) is 2. The van der Waals surface area contributed by atoms with E-state index < -0.39 is 12.2 Å². The van der Waals surface area contributed by atoms with E-state index in [2.05, 4.69) is 0 Å². The number of methoxy groups -OCH3 is 1. The van der Waals surface area contributed by atoms with Gasteiger partial charge in [-0.2, -0.15) is 5.10 Å². The van der Waals surface area contributed by atoms with E-state index in [9.17, 15) is 4.79 Å². The molecule has 2 aliphatic rings. The normalized spacial score (nSPS) is 18.1. The molecule has 0 spiro atoms. The molecule has 0 fully saturated rings. The van der Waals surface area contributed by atoms with Crippen LogP contribution in [0.4, 0.5) is 0 Å². The van der Waals surface area contributed by atoms with Crippen LogP contribution in [-0.4, -0.2) is 23.8 Å². The second-order valence-electron chi connectivity index (χ2n) is 8.73. The van der Waals surface area contributed by atoms with E-state index in [1.807, 2.05) is 60.5 Å². The summed E-state index contributed by atoms with van der Waals surface area (Å²) in [4.78, 5) is 12.4. The summed E-state index contributed by atoms with van der Waals surface area (Å²) < 4.78 is 23.5. The lowest BCUT2D eigenvalue weighted by Crippen LogP contribution is -2.33. The van der Waals surface area contributed by atoms with Gasteiger partial charge in [-0.25, -0.2) is 9.80 Å². The Labute approximate surface area is 208 Å². The van der Waals surface area contributed by atoms with Gasteiger partial charge in [-0.1, -0.05) is 30.3 Å². The highest BCUT2D eigenvalue weighted by molar-refractivity contribution is 5.99. The van der Waals surface area contributed by atoms with Gasteiger partial charge in [0.25, 0.3) is 0 Å². The molecular formula is C29H24N2O5. The molecule has 2 aliphatic heterocycles. The standard InChI is InChI=1S/C29H24N2O5/c1-18-11-16-25(34-18)23-17-24-22-9-6-10-26(33-2)27(22)36-28(31(24)30-23)19-12-14-21(15-13-19)35-29(32)20-7-4-3-5-8-20/h3-16,24,28H,17H2,1-2H3/t24-,28-/m0/s1. The molecule has 0 saturated heterocycles. The van der Waals surface area contributed by atoms with Crippen molar-refractivity contribution in [2.45, 2.75) is 25.6 Å². The molecule has 0 bridgehead atoms. The minimum absolute atomic E-state index is 0.0372. The lowest BCUT2D eigenvalue weighted by Gasteiger charge is -2.38. The van der Waals surface area contributed by atoms with E-state index in [1.165, 1.54) is 0 Å². The number of carbonyl (C=O) groups is 1. The second-order valence-corrected chi connectivity index (χ2v) is 8.73. The first-order valence-corrected chi connectivity index (χ1v) is 11.7. The number of hydrazone groups is 1. The van der Waals surface area contributed by atoms with Crippen molar-refractivity contribution < 1.29 is 23.4 Å². The molecule has 2 atom stereocenters. The summed E-state index contributed by atoms with van der Waals surface area (Å²) in [5, 5.41) is 6.89. The number of ether oxygens (including phenoxy) is 3. The average Bonchev–Trinajstić information content (AvgIpc) is 3.55. The zero-order valence-electron chi connectivity index (χ0n) is 19.9. The molecule has 0 amide bonds. The molecule has 1 aromatic heterocycles. The minimum Gasteiger partial charge on any atom is -0.493 e. The first-order chi connectivity index (χ1) is 17.6. The van der Waals surface area contributed by atoms with Crippen molar-refractivity contribution >= 4 is 11.7 Å². The summed E-state index contributed by atoms with van der Waals surface area (Å²) in [6.45, 7) is 1.92. The number of carbonyl (C=O) groups excluding carboxylic acids is 1. The van der Waals surface area contributed by atoms with Gasteiger partial charge in [-0.05, 0) is 61.5 Å². The molecule has 7 nitrogen and oxygen atoms in total. The van der Waals surface area contributed by atoms with Crippen LogP contribution in [0.5, 0.6) is 17.2 Å². The van der Waals surface area contributed by atoms with Crippen molar-refractivity contribution in [3.05, 3.63) is 113 Å². The maximum Gasteiger partial charge on any atom is 0.343 e. The van der Waals surface area contributed by atoms with E-state index in [-0.39, 0.29) is 6.04 Å². The second kappa shape index (κ2) is 8.92. The van der Waals surface area contributed by atoms with Crippen molar-refractivity contribution in [1.82, 2.24) is 5.01 Å². The minimum atomic E-state index is -0.494. The Morgan fingerprint density at radius 2 is 1.78 bits per heavy atom. The maximum atomic E-state index is 12.4. The number of hydrogen-bond acceptors (Lipinski definition) is 7.